The van der Waals surface area contributed by atoms with Gasteiger partial charge in [-0.15, -0.1) is 0 Å². The number of rotatable bonds is 5. The van der Waals surface area contributed by atoms with Crippen LogP contribution < -0.4 is 4.74 Å². The Labute approximate surface area is 126 Å². The lowest BCUT2D eigenvalue weighted by atomic mass is 9.94. The van der Waals surface area contributed by atoms with Crippen molar-refractivity contribution < 1.29 is 4.74 Å². The summed E-state index contributed by atoms with van der Waals surface area (Å²) in [7, 11) is 1.72. The maximum absolute atomic E-state index is 5.46. The van der Waals surface area contributed by atoms with Crippen molar-refractivity contribution in [1.82, 2.24) is 0 Å². The van der Waals surface area contributed by atoms with E-state index in [2.05, 4.69) is 68.8 Å². The van der Waals surface area contributed by atoms with Crippen molar-refractivity contribution in [2.24, 2.45) is 11.8 Å². The fourth-order valence-electron chi connectivity index (χ4n) is 1.98. The summed E-state index contributed by atoms with van der Waals surface area (Å²) in [6, 6.07) is 2.13. The van der Waals surface area contributed by atoms with Crippen LogP contribution in [0.25, 0.3) is 6.08 Å². The third-order valence-corrected chi connectivity index (χ3v) is 4.68. The van der Waals surface area contributed by atoms with E-state index in [1.165, 1.54) is 16.7 Å². The number of ether oxygens (including phenoxy) is 1. The van der Waals surface area contributed by atoms with Crippen molar-refractivity contribution in [2.75, 3.05) is 7.11 Å². The first kappa shape index (κ1) is 16.3. The highest BCUT2D eigenvalue weighted by Crippen LogP contribution is 2.35. The Morgan fingerprint density at radius 1 is 1.32 bits per heavy atom. The zero-order valence-corrected chi connectivity index (χ0v) is 14.5. The number of methoxy groups -OCH3 is 1. The summed E-state index contributed by atoms with van der Waals surface area (Å²) in [6.07, 6.45) is 5.54. The smallest absolute Gasteiger partial charge is 0.133 e. The number of benzene rings is 1. The van der Waals surface area contributed by atoms with Gasteiger partial charge in [-0.3, -0.25) is 0 Å². The zero-order valence-electron chi connectivity index (χ0n) is 12.9. The Morgan fingerprint density at radius 3 is 2.42 bits per heavy atom. The van der Waals surface area contributed by atoms with E-state index in [0.717, 1.165) is 16.6 Å². The monoisotopic (exact) mass is 324 g/mol. The number of aryl methyl sites for hydroxylation is 1. The molecule has 0 N–H and O–H groups in total. The lowest BCUT2D eigenvalue weighted by molar-refractivity contribution is 0.411. The van der Waals surface area contributed by atoms with Gasteiger partial charge in [0.1, 0.15) is 5.75 Å². The molecule has 0 heterocycles. The van der Waals surface area contributed by atoms with Gasteiger partial charge in [-0.1, -0.05) is 39.8 Å². The third-order valence-electron chi connectivity index (χ3n) is 3.86. The quantitative estimate of drug-likeness (QED) is 0.681. The average Bonchev–Trinajstić information content (AvgIpc) is 2.38. The summed E-state index contributed by atoms with van der Waals surface area (Å²) >= 11 is 3.67. The maximum Gasteiger partial charge on any atom is 0.133 e. The van der Waals surface area contributed by atoms with Gasteiger partial charge in [0.25, 0.3) is 0 Å². The van der Waals surface area contributed by atoms with Crippen LogP contribution in [0.1, 0.15) is 44.4 Å². The molecule has 0 saturated heterocycles. The Morgan fingerprint density at radius 2 is 1.95 bits per heavy atom. The average molecular weight is 325 g/mol. The first-order valence-corrected chi connectivity index (χ1v) is 7.75. The summed E-state index contributed by atoms with van der Waals surface area (Å²) in [5.74, 6) is 2.15. The third kappa shape index (κ3) is 3.85. The van der Waals surface area contributed by atoms with Gasteiger partial charge < -0.3 is 4.74 Å². The van der Waals surface area contributed by atoms with E-state index in [4.69, 9.17) is 4.74 Å². The van der Waals surface area contributed by atoms with Gasteiger partial charge >= 0.3 is 0 Å². The zero-order chi connectivity index (χ0) is 14.6. The number of hydrogen-bond donors (Lipinski definition) is 0. The van der Waals surface area contributed by atoms with Gasteiger partial charge in [0.2, 0.25) is 0 Å². The van der Waals surface area contributed by atoms with Gasteiger partial charge in [-0.05, 0) is 63.9 Å². The Bertz CT molecular complexity index is 433. The van der Waals surface area contributed by atoms with Gasteiger partial charge in [-0.25, -0.2) is 0 Å². The van der Waals surface area contributed by atoms with E-state index < -0.39 is 0 Å². The number of halogens is 1. The SMILES string of the molecule is CCc1cc(OC)c(Br)c(/C=C\C(C)C(C)C)c1C. The molecular formula is C17H25BrO. The molecule has 1 nitrogen and oxygen atoms in total. The minimum absolute atomic E-state index is 0.572. The largest absolute Gasteiger partial charge is 0.496 e. The van der Waals surface area contributed by atoms with Gasteiger partial charge in [0, 0.05) is 0 Å². The molecule has 1 aromatic rings. The molecule has 106 valence electrons. The molecule has 0 bridgehead atoms. The molecule has 1 unspecified atom stereocenters. The molecule has 1 atom stereocenters. The van der Waals surface area contributed by atoms with E-state index in [1.54, 1.807) is 7.11 Å². The second-order valence-electron chi connectivity index (χ2n) is 5.41. The van der Waals surface area contributed by atoms with Crippen LogP contribution >= 0.6 is 15.9 Å². The van der Waals surface area contributed by atoms with Crippen LogP contribution in [0, 0.1) is 18.8 Å². The minimum atomic E-state index is 0.572. The predicted octanol–water partition coefficient (Wildman–Crippen LogP) is 5.63. The maximum atomic E-state index is 5.46. The van der Waals surface area contributed by atoms with Gasteiger partial charge in [0.15, 0.2) is 0 Å². The molecule has 1 rings (SSSR count). The molecule has 1 aromatic carbocycles. The summed E-state index contributed by atoms with van der Waals surface area (Å²) in [6.45, 7) is 11.1. The lowest BCUT2D eigenvalue weighted by Gasteiger charge is -2.15. The second kappa shape index (κ2) is 7.14. The van der Waals surface area contributed by atoms with Crippen molar-refractivity contribution in [3.8, 4) is 5.75 Å². The molecule has 2 heteroatoms. The number of hydrogen-bond acceptors (Lipinski definition) is 1. The molecule has 0 amide bonds. The predicted molar refractivity (Wildman–Crippen MR) is 87.8 cm³/mol. The van der Waals surface area contributed by atoms with Crippen molar-refractivity contribution in [3.05, 3.63) is 33.3 Å². The first-order valence-electron chi connectivity index (χ1n) is 6.96. The van der Waals surface area contributed by atoms with Crippen molar-refractivity contribution in [2.45, 2.75) is 41.0 Å². The molecule has 0 aliphatic carbocycles. The van der Waals surface area contributed by atoms with E-state index in [0.29, 0.717) is 11.8 Å². The van der Waals surface area contributed by atoms with Crippen LogP contribution in [-0.2, 0) is 6.42 Å². The molecule has 0 aliphatic rings. The molecule has 0 spiro atoms. The van der Waals surface area contributed by atoms with Crippen LogP contribution in [0.2, 0.25) is 0 Å². The van der Waals surface area contributed by atoms with Crippen molar-refractivity contribution in [1.29, 1.82) is 0 Å². The Balaban J connectivity index is 3.25. The summed E-state index contributed by atoms with van der Waals surface area (Å²) in [5, 5.41) is 0. The van der Waals surface area contributed by atoms with E-state index in [9.17, 15) is 0 Å². The van der Waals surface area contributed by atoms with Crippen LogP contribution in [0.15, 0.2) is 16.6 Å². The fourth-order valence-corrected chi connectivity index (χ4v) is 2.69. The van der Waals surface area contributed by atoms with Crippen molar-refractivity contribution in [3.63, 3.8) is 0 Å². The lowest BCUT2D eigenvalue weighted by Crippen LogP contribution is -2.00. The van der Waals surface area contributed by atoms with Crippen LogP contribution in [0.4, 0.5) is 0 Å². The molecule has 0 radical (unpaired) electrons. The standard InChI is InChI=1S/C17H25BrO/c1-7-14-10-16(19-6)17(18)15(13(14)5)9-8-12(4)11(2)3/h8-12H,7H2,1-6H3/b9-8-. The molecule has 0 saturated carbocycles. The Hall–Kier alpha value is -0.760. The molecule has 19 heavy (non-hydrogen) atoms. The highest BCUT2D eigenvalue weighted by molar-refractivity contribution is 9.10. The number of allylic oxidation sites excluding steroid dienone is 1. The topological polar surface area (TPSA) is 9.23 Å². The summed E-state index contributed by atoms with van der Waals surface area (Å²) < 4.78 is 6.51. The van der Waals surface area contributed by atoms with E-state index >= 15 is 0 Å². The molecular weight excluding hydrogens is 300 g/mol. The highest BCUT2D eigenvalue weighted by atomic mass is 79.9. The minimum Gasteiger partial charge on any atom is -0.496 e. The van der Waals surface area contributed by atoms with Crippen LogP contribution in [0.3, 0.4) is 0 Å². The van der Waals surface area contributed by atoms with Gasteiger partial charge in [-0.2, -0.15) is 0 Å². The van der Waals surface area contributed by atoms with Crippen LogP contribution in [0.5, 0.6) is 5.75 Å². The van der Waals surface area contributed by atoms with Gasteiger partial charge in [0.05, 0.1) is 11.6 Å². The normalized spacial score (nSPS) is 13.3. The summed E-state index contributed by atoms with van der Waals surface area (Å²) in [4.78, 5) is 0. The Kier molecular flexibility index (Phi) is 6.12. The summed E-state index contributed by atoms with van der Waals surface area (Å²) in [5.41, 5.74) is 3.92. The van der Waals surface area contributed by atoms with Crippen LogP contribution in [-0.4, -0.2) is 7.11 Å². The van der Waals surface area contributed by atoms with E-state index in [-0.39, 0.29) is 0 Å². The van der Waals surface area contributed by atoms with Crippen molar-refractivity contribution >= 4 is 22.0 Å². The fraction of sp³-hybridized carbons (Fsp3) is 0.529. The molecule has 0 aromatic heterocycles. The van der Waals surface area contributed by atoms with E-state index in [1.807, 2.05) is 0 Å². The molecule has 0 fully saturated rings. The first-order chi connectivity index (χ1) is 8.92. The molecule has 0 aliphatic heterocycles. The highest BCUT2D eigenvalue weighted by Gasteiger charge is 2.12. The second-order valence-corrected chi connectivity index (χ2v) is 6.20.